The molecule has 0 aliphatic rings. The summed E-state index contributed by atoms with van der Waals surface area (Å²) in [6, 6.07) is 11.7. The highest BCUT2D eigenvalue weighted by Crippen LogP contribution is 2.35. The second kappa shape index (κ2) is 5.25. The van der Waals surface area contributed by atoms with Gasteiger partial charge >= 0.3 is 0 Å². The second-order valence-corrected chi connectivity index (χ2v) is 5.77. The number of aromatic nitrogens is 2. The van der Waals surface area contributed by atoms with E-state index in [-0.39, 0.29) is 0 Å². The van der Waals surface area contributed by atoms with Gasteiger partial charge in [-0.05, 0) is 36.8 Å². The number of benzene rings is 2. The molecule has 5 heteroatoms. The van der Waals surface area contributed by atoms with Gasteiger partial charge in [0.1, 0.15) is 5.76 Å². The van der Waals surface area contributed by atoms with E-state index in [0.29, 0.717) is 16.5 Å². The van der Waals surface area contributed by atoms with Crippen molar-refractivity contribution in [3.63, 3.8) is 0 Å². The Hall–Kier alpha value is -2.59. The molecule has 0 spiro atoms. The molecule has 0 amide bonds. The van der Waals surface area contributed by atoms with Gasteiger partial charge in [-0.3, -0.25) is 0 Å². The number of fused-ring (bicyclic) bond motifs is 2. The van der Waals surface area contributed by atoms with E-state index in [1.165, 1.54) is 0 Å². The third kappa shape index (κ3) is 2.32. The zero-order valence-electron chi connectivity index (χ0n) is 12.6. The molecule has 114 valence electrons. The normalized spacial score (nSPS) is 11.3. The standard InChI is InChI=1S/C18H13ClN2O2/c1-10-6-12(17-14(7-10)21-16(22-2)9-20-17)15-8-11-4-3-5-13(19)18(11)23-15/h3-9H,1-2H3. The lowest BCUT2D eigenvalue weighted by Gasteiger charge is -2.06. The summed E-state index contributed by atoms with van der Waals surface area (Å²) in [5.74, 6) is 1.21. The van der Waals surface area contributed by atoms with Crippen LogP contribution in [0.1, 0.15) is 5.56 Å². The molecule has 0 aliphatic carbocycles. The highest BCUT2D eigenvalue weighted by molar-refractivity contribution is 6.34. The number of aryl methyl sites for hydroxylation is 1. The van der Waals surface area contributed by atoms with E-state index >= 15 is 0 Å². The molecule has 0 unspecified atom stereocenters. The molecule has 2 aromatic carbocycles. The molecule has 0 N–H and O–H groups in total. The third-order valence-corrected chi connectivity index (χ3v) is 4.04. The topological polar surface area (TPSA) is 48.2 Å². The van der Waals surface area contributed by atoms with Gasteiger partial charge in [-0.25, -0.2) is 9.97 Å². The summed E-state index contributed by atoms with van der Waals surface area (Å²) in [5, 5.41) is 1.56. The van der Waals surface area contributed by atoms with Crippen LogP contribution in [0.2, 0.25) is 5.02 Å². The fourth-order valence-corrected chi connectivity index (χ4v) is 2.91. The van der Waals surface area contributed by atoms with Gasteiger partial charge in [0.2, 0.25) is 5.88 Å². The van der Waals surface area contributed by atoms with E-state index in [4.69, 9.17) is 20.8 Å². The molecule has 0 aliphatic heterocycles. The summed E-state index contributed by atoms with van der Waals surface area (Å²) in [5.41, 5.74) is 4.18. The Bertz CT molecular complexity index is 1040. The minimum absolute atomic E-state index is 0.488. The number of ether oxygens (including phenoxy) is 1. The maximum Gasteiger partial charge on any atom is 0.232 e. The Morgan fingerprint density at radius 1 is 1.17 bits per heavy atom. The Kier molecular flexibility index (Phi) is 3.20. The Balaban J connectivity index is 2.01. The number of hydrogen-bond donors (Lipinski definition) is 0. The van der Waals surface area contributed by atoms with Crippen molar-refractivity contribution >= 4 is 33.6 Å². The second-order valence-electron chi connectivity index (χ2n) is 5.36. The van der Waals surface area contributed by atoms with Crippen molar-refractivity contribution in [2.75, 3.05) is 7.11 Å². The zero-order valence-corrected chi connectivity index (χ0v) is 13.4. The maximum atomic E-state index is 6.21. The Labute approximate surface area is 137 Å². The Morgan fingerprint density at radius 2 is 2.04 bits per heavy atom. The van der Waals surface area contributed by atoms with Crippen LogP contribution in [0.5, 0.6) is 5.88 Å². The average molecular weight is 325 g/mol. The van der Waals surface area contributed by atoms with E-state index < -0.39 is 0 Å². The number of halogens is 1. The third-order valence-electron chi connectivity index (χ3n) is 3.74. The highest BCUT2D eigenvalue weighted by atomic mass is 35.5. The van der Waals surface area contributed by atoms with Gasteiger partial charge in [-0.15, -0.1) is 0 Å². The first-order chi connectivity index (χ1) is 11.2. The molecular weight excluding hydrogens is 312 g/mol. The van der Waals surface area contributed by atoms with Crippen LogP contribution >= 0.6 is 11.6 Å². The van der Waals surface area contributed by atoms with Gasteiger partial charge in [-0.2, -0.15) is 0 Å². The SMILES string of the molecule is COc1cnc2c(-c3cc4cccc(Cl)c4o3)cc(C)cc2n1. The summed E-state index contributed by atoms with van der Waals surface area (Å²) < 4.78 is 11.1. The predicted octanol–water partition coefficient (Wildman–Crippen LogP) is 5.01. The lowest BCUT2D eigenvalue weighted by Crippen LogP contribution is -1.93. The minimum Gasteiger partial charge on any atom is -0.480 e. The van der Waals surface area contributed by atoms with Crippen molar-refractivity contribution < 1.29 is 9.15 Å². The van der Waals surface area contributed by atoms with Crippen LogP contribution in [0.15, 0.2) is 47.0 Å². The van der Waals surface area contributed by atoms with Gasteiger partial charge in [0.25, 0.3) is 0 Å². The molecule has 4 rings (SSSR count). The zero-order chi connectivity index (χ0) is 16.0. The molecule has 0 saturated carbocycles. The van der Waals surface area contributed by atoms with Crippen molar-refractivity contribution in [1.29, 1.82) is 0 Å². The van der Waals surface area contributed by atoms with Crippen LogP contribution in [0.3, 0.4) is 0 Å². The quantitative estimate of drug-likeness (QED) is 0.520. The molecule has 0 bridgehead atoms. The number of furan rings is 1. The highest BCUT2D eigenvalue weighted by Gasteiger charge is 2.14. The van der Waals surface area contributed by atoms with E-state index in [9.17, 15) is 0 Å². The number of para-hydroxylation sites is 1. The van der Waals surface area contributed by atoms with Crippen molar-refractivity contribution in [2.45, 2.75) is 6.92 Å². The molecule has 2 aromatic heterocycles. The van der Waals surface area contributed by atoms with Crippen LogP contribution in [-0.2, 0) is 0 Å². The van der Waals surface area contributed by atoms with E-state index in [0.717, 1.165) is 33.3 Å². The van der Waals surface area contributed by atoms with E-state index in [1.807, 2.05) is 43.3 Å². The van der Waals surface area contributed by atoms with Crippen LogP contribution < -0.4 is 4.74 Å². The Morgan fingerprint density at radius 3 is 2.83 bits per heavy atom. The summed E-state index contributed by atoms with van der Waals surface area (Å²) in [6.45, 7) is 2.01. The largest absolute Gasteiger partial charge is 0.480 e. The van der Waals surface area contributed by atoms with Crippen molar-refractivity contribution in [3.8, 4) is 17.2 Å². The smallest absolute Gasteiger partial charge is 0.232 e. The summed E-state index contributed by atoms with van der Waals surface area (Å²) in [4.78, 5) is 8.94. The van der Waals surface area contributed by atoms with Crippen LogP contribution in [0.25, 0.3) is 33.3 Å². The lowest BCUT2D eigenvalue weighted by atomic mass is 10.1. The fourth-order valence-electron chi connectivity index (χ4n) is 2.69. The average Bonchev–Trinajstić information content (AvgIpc) is 2.99. The molecule has 4 aromatic rings. The summed E-state index contributed by atoms with van der Waals surface area (Å²) in [6.07, 6.45) is 1.61. The minimum atomic E-state index is 0.488. The monoisotopic (exact) mass is 324 g/mol. The van der Waals surface area contributed by atoms with Crippen LogP contribution in [-0.4, -0.2) is 17.1 Å². The summed E-state index contributed by atoms with van der Waals surface area (Å²) >= 11 is 6.21. The molecule has 4 nitrogen and oxygen atoms in total. The van der Waals surface area contributed by atoms with Crippen molar-refractivity contribution in [2.24, 2.45) is 0 Å². The van der Waals surface area contributed by atoms with Gasteiger partial charge < -0.3 is 9.15 Å². The molecular formula is C18H13ClN2O2. The molecule has 2 heterocycles. The number of hydrogen-bond acceptors (Lipinski definition) is 4. The first-order valence-electron chi connectivity index (χ1n) is 7.15. The molecule has 0 radical (unpaired) electrons. The lowest BCUT2D eigenvalue weighted by molar-refractivity contribution is 0.397. The van der Waals surface area contributed by atoms with Gasteiger partial charge in [0, 0.05) is 10.9 Å². The fraction of sp³-hybridized carbons (Fsp3) is 0.111. The van der Waals surface area contributed by atoms with Crippen LogP contribution in [0.4, 0.5) is 0 Å². The van der Waals surface area contributed by atoms with Gasteiger partial charge in [0.05, 0.1) is 29.4 Å². The van der Waals surface area contributed by atoms with Crippen molar-refractivity contribution in [1.82, 2.24) is 9.97 Å². The molecule has 0 fully saturated rings. The summed E-state index contributed by atoms with van der Waals surface area (Å²) in [7, 11) is 1.58. The first-order valence-corrected chi connectivity index (χ1v) is 7.53. The number of rotatable bonds is 2. The maximum absolute atomic E-state index is 6.21. The molecule has 0 atom stereocenters. The van der Waals surface area contributed by atoms with Gasteiger partial charge in [0.15, 0.2) is 5.58 Å². The van der Waals surface area contributed by atoms with E-state index in [2.05, 4.69) is 9.97 Å². The van der Waals surface area contributed by atoms with E-state index in [1.54, 1.807) is 13.3 Å². The number of methoxy groups -OCH3 is 1. The van der Waals surface area contributed by atoms with Crippen LogP contribution in [0, 0.1) is 6.92 Å². The number of nitrogens with zero attached hydrogens (tertiary/aromatic N) is 2. The molecule has 0 saturated heterocycles. The first kappa shape index (κ1) is 14.0. The van der Waals surface area contributed by atoms with Gasteiger partial charge in [-0.1, -0.05) is 23.7 Å². The molecule has 23 heavy (non-hydrogen) atoms. The predicted molar refractivity (Wildman–Crippen MR) is 91.0 cm³/mol. The van der Waals surface area contributed by atoms with Crippen molar-refractivity contribution in [3.05, 3.63) is 53.2 Å².